The number of benzene rings is 2. The molecule has 0 heterocycles. The van der Waals surface area contributed by atoms with Crippen molar-refractivity contribution >= 4 is 11.7 Å². The summed E-state index contributed by atoms with van der Waals surface area (Å²) < 4.78 is 23.4. The number of nitrogens with one attached hydrogen (secondary N) is 2. The van der Waals surface area contributed by atoms with Gasteiger partial charge >= 0.3 is 6.03 Å². The van der Waals surface area contributed by atoms with Crippen LogP contribution in [0.5, 0.6) is 5.75 Å². The van der Waals surface area contributed by atoms with E-state index in [1.807, 2.05) is 24.3 Å². The number of ether oxygens (including phenoxy) is 2. The van der Waals surface area contributed by atoms with Gasteiger partial charge in [0.1, 0.15) is 11.6 Å². The molecule has 0 saturated carbocycles. The lowest BCUT2D eigenvalue weighted by molar-refractivity contribution is 0.104. The Morgan fingerprint density at radius 3 is 2.57 bits per heavy atom. The minimum atomic E-state index is -0.387. The van der Waals surface area contributed by atoms with Crippen molar-refractivity contribution in [2.75, 3.05) is 26.1 Å². The molecule has 2 rings (SSSR count). The molecule has 0 aliphatic rings. The fraction of sp³-hybridized carbons (Fsp3) is 0.235. The molecule has 2 N–H and O–H groups in total. The van der Waals surface area contributed by atoms with Gasteiger partial charge in [0.25, 0.3) is 0 Å². The van der Waals surface area contributed by atoms with Gasteiger partial charge in [-0.15, -0.1) is 0 Å². The fourth-order valence-corrected chi connectivity index (χ4v) is 2.07. The first-order chi connectivity index (χ1) is 11.1. The summed E-state index contributed by atoms with van der Waals surface area (Å²) in [7, 11) is 3.17. The first-order valence-electron chi connectivity index (χ1n) is 7.09. The Kier molecular flexibility index (Phi) is 5.94. The first-order valence-corrected chi connectivity index (χ1v) is 7.09. The quantitative estimate of drug-likeness (QED) is 0.859. The van der Waals surface area contributed by atoms with E-state index in [-0.39, 0.29) is 24.5 Å². The second-order valence-corrected chi connectivity index (χ2v) is 4.84. The molecular weight excluding hydrogens is 299 g/mol. The predicted octanol–water partition coefficient (Wildman–Crippen LogP) is 3.34. The number of anilines is 1. The van der Waals surface area contributed by atoms with E-state index in [1.54, 1.807) is 14.2 Å². The van der Waals surface area contributed by atoms with Crippen LogP contribution in [0.2, 0.25) is 0 Å². The Bertz CT molecular complexity index is 647. The highest BCUT2D eigenvalue weighted by Gasteiger charge is 2.13. The number of carbonyl (C=O) groups is 1. The fourth-order valence-electron chi connectivity index (χ4n) is 2.07. The summed E-state index contributed by atoms with van der Waals surface area (Å²) in [5.74, 6) is 0.369. The van der Waals surface area contributed by atoms with E-state index in [0.717, 1.165) is 11.3 Å². The molecule has 23 heavy (non-hydrogen) atoms. The molecule has 0 radical (unpaired) electrons. The molecule has 1 atom stereocenters. The zero-order valence-corrected chi connectivity index (χ0v) is 13.0. The Hall–Kier alpha value is -2.60. The van der Waals surface area contributed by atoms with Crippen molar-refractivity contribution in [2.45, 2.75) is 6.10 Å². The smallest absolute Gasteiger partial charge is 0.319 e. The summed E-state index contributed by atoms with van der Waals surface area (Å²) in [6.45, 7) is 0.288. The van der Waals surface area contributed by atoms with Gasteiger partial charge < -0.3 is 20.1 Å². The van der Waals surface area contributed by atoms with Crippen LogP contribution < -0.4 is 15.4 Å². The van der Waals surface area contributed by atoms with Gasteiger partial charge in [-0.2, -0.15) is 0 Å². The first kappa shape index (κ1) is 16.8. The number of methoxy groups -OCH3 is 2. The van der Waals surface area contributed by atoms with Crippen LogP contribution in [0.25, 0.3) is 0 Å². The summed E-state index contributed by atoms with van der Waals surface area (Å²) in [5.41, 5.74) is 1.41. The van der Waals surface area contributed by atoms with Gasteiger partial charge in [0.15, 0.2) is 0 Å². The van der Waals surface area contributed by atoms with Gasteiger partial charge in [-0.3, -0.25) is 0 Å². The summed E-state index contributed by atoms with van der Waals surface area (Å²) in [5, 5.41) is 5.35. The maximum Gasteiger partial charge on any atom is 0.319 e. The van der Waals surface area contributed by atoms with Crippen LogP contribution in [0, 0.1) is 5.82 Å². The molecule has 2 amide bonds. The van der Waals surface area contributed by atoms with Gasteiger partial charge in [0.2, 0.25) is 0 Å². The molecule has 2 aromatic rings. The largest absolute Gasteiger partial charge is 0.497 e. The third kappa shape index (κ3) is 4.96. The van der Waals surface area contributed by atoms with E-state index in [1.165, 1.54) is 24.3 Å². The number of halogens is 1. The third-order valence-electron chi connectivity index (χ3n) is 3.30. The van der Waals surface area contributed by atoms with Crippen molar-refractivity contribution in [1.29, 1.82) is 0 Å². The molecule has 0 aromatic heterocycles. The van der Waals surface area contributed by atoms with Crippen molar-refractivity contribution in [3.63, 3.8) is 0 Å². The average molecular weight is 318 g/mol. The third-order valence-corrected chi connectivity index (χ3v) is 3.30. The van der Waals surface area contributed by atoms with Crippen molar-refractivity contribution in [1.82, 2.24) is 5.32 Å². The summed E-state index contributed by atoms with van der Waals surface area (Å²) in [6.07, 6.45) is -0.302. The minimum Gasteiger partial charge on any atom is -0.497 e. The lowest BCUT2D eigenvalue weighted by Gasteiger charge is -2.17. The van der Waals surface area contributed by atoms with Gasteiger partial charge in [-0.25, -0.2) is 9.18 Å². The van der Waals surface area contributed by atoms with Gasteiger partial charge in [-0.1, -0.05) is 12.1 Å². The Labute approximate surface area is 134 Å². The molecule has 0 saturated heterocycles. The number of urea groups is 1. The topological polar surface area (TPSA) is 59.6 Å². The van der Waals surface area contributed by atoms with Crippen LogP contribution in [0.3, 0.4) is 0 Å². The Morgan fingerprint density at radius 1 is 1.17 bits per heavy atom. The van der Waals surface area contributed by atoms with Gasteiger partial charge in [-0.05, 0) is 42.0 Å². The van der Waals surface area contributed by atoms with Crippen LogP contribution >= 0.6 is 0 Å². The highest BCUT2D eigenvalue weighted by atomic mass is 19.1. The average Bonchev–Trinajstić information content (AvgIpc) is 2.58. The van der Waals surface area contributed by atoms with E-state index in [4.69, 9.17) is 9.47 Å². The molecule has 122 valence electrons. The summed E-state index contributed by atoms with van der Waals surface area (Å²) in [4.78, 5) is 11.9. The molecule has 0 bridgehead atoms. The summed E-state index contributed by atoms with van der Waals surface area (Å²) in [6, 6.07) is 12.6. The van der Waals surface area contributed by atoms with Crippen molar-refractivity contribution in [2.24, 2.45) is 0 Å². The SMILES string of the molecule is COc1cccc(C(CNC(=O)Nc2ccc(F)cc2)OC)c1. The lowest BCUT2D eigenvalue weighted by Crippen LogP contribution is -2.32. The zero-order valence-electron chi connectivity index (χ0n) is 13.0. The Balaban J connectivity index is 1.91. The molecule has 0 spiro atoms. The summed E-state index contributed by atoms with van der Waals surface area (Å²) >= 11 is 0. The van der Waals surface area contributed by atoms with E-state index in [2.05, 4.69) is 10.6 Å². The van der Waals surface area contributed by atoms with E-state index >= 15 is 0 Å². The second-order valence-electron chi connectivity index (χ2n) is 4.84. The molecule has 0 aliphatic heterocycles. The molecule has 0 fully saturated rings. The Morgan fingerprint density at radius 2 is 1.91 bits per heavy atom. The molecule has 5 nitrogen and oxygen atoms in total. The second kappa shape index (κ2) is 8.14. The van der Waals surface area contributed by atoms with Crippen molar-refractivity contribution < 1.29 is 18.7 Å². The molecular formula is C17H19FN2O3. The van der Waals surface area contributed by atoms with Gasteiger partial charge in [0.05, 0.1) is 13.2 Å². The van der Waals surface area contributed by atoms with Crippen molar-refractivity contribution in [3.8, 4) is 5.75 Å². The molecule has 0 aliphatic carbocycles. The minimum absolute atomic E-state index is 0.288. The number of rotatable bonds is 6. The van der Waals surface area contributed by atoms with Crippen LogP contribution in [0.15, 0.2) is 48.5 Å². The zero-order chi connectivity index (χ0) is 16.7. The van der Waals surface area contributed by atoms with Crippen LogP contribution in [-0.2, 0) is 4.74 Å². The highest BCUT2D eigenvalue weighted by molar-refractivity contribution is 5.89. The number of amides is 2. The van der Waals surface area contributed by atoms with E-state index in [0.29, 0.717) is 5.69 Å². The van der Waals surface area contributed by atoms with Crippen LogP contribution in [-0.4, -0.2) is 26.8 Å². The molecule has 1 unspecified atom stereocenters. The van der Waals surface area contributed by atoms with Crippen LogP contribution in [0.1, 0.15) is 11.7 Å². The van der Waals surface area contributed by atoms with Crippen LogP contribution in [0.4, 0.5) is 14.9 Å². The maximum atomic E-state index is 12.8. The monoisotopic (exact) mass is 318 g/mol. The molecule has 2 aromatic carbocycles. The highest BCUT2D eigenvalue weighted by Crippen LogP contribution is 2.21. The van der Waals surface area contributed by atoms with E-state index < -0.39 is 0 Å². The number of hydrogen-bond acceptors (Lipinski definition) is 3. The number of hydrogen-bond donors (Lipinski definition) is 2. The standard InChI is InChI=1S/C17H19FN2O3/c1-22-15-5-3-4-12(10-15)16(23-2)11-19-17(21)20-14-8-6-13(18)7-9-14/h3-10,16H,11H2,1-2H3,(H2,19,20,21). The predicted molar refractivity (Wildman–Crippen MR) is 86.2 cm³/mol. The van der Waals surface area contributed by atoms with E-state index in [9.17, 15) is 9.18 Å². The maximum absolute atomic E-state index is 12.8. The number of carbonyl (C=O) groups excluding carboxylic acids is 1. The lowest BCUT2D eigenvalue weighted by atomic mass is 10.1. The molecule has 6 heteroatoms. The van der Waals surface area contributed by atoms with Gasteiger partial charge in [0, 0.05) is 19.3 Å². The van der Waals surface area contributed by atoms with Crippen molar-refractivity contribution in [3.05, 3.63) is 59.9 Å². The normalized spacial score (nSPS) is 11.6.